The number of nitrogens with one attached hydrogen (secondary N) is 1. The molecule has 19 heavy (non-hydrogen) atoms. The molecule has 1 saturated heterocycles. The van der Waals surface area contributed by atoms with Gasteiger partial charge < -0.3 is 20.1 Å². The maximum absolute atomic E-state index is 12.1. The molecule has 5 nitrogen and oxygen atoms in total. The van der Waals surface area contributed by atoms with Gasteiger partial charge in [-0.3, -0.25) is 0 Å². The molecule has 2 amide bonds. The van der Waals surface area contributed by atoms with Gasteiger partial charge in [0, 0.05) is 5.69 Å². The van der Waals surface area contributed by atoms with E-state index >= 15 is 0 Å². The average Bonchev–Trinajstić information content (AvgIpc) is 2.38. The van der Waals surface area contributed by atoms with Crippen LogP contribution in [-0.4, -0.2) is 48.8 Å². The average molecular weight is 263 g/mol. The van der Waals surface area contributed by atoms with Crippen LogP contribution < -0.4 is 5.32 Å². The van der Waals surface area contributed by atoms with Crippen LogP contribution in [0.25, 0.3) is 0 Å². The van der Waals surface area contributed by atoms with E-state index in [0.717, 1.165) is 12.1 Å². The fourth-order valence-corrected chi connectivity index (χ4v) is 2.16. The van der Waals surface area contributed by atoms with E-state index in [0.29, 0.717) is 26.2 Å². The predicted molar refractivity (Wildman–Crippen MR) is 75.7 cm³/mol. The third-order valence-electron chi connectivity index (χ3n) is 3.56. The van der Waals surface area contributed by atoms with Crippen LogP contribution in [0, 0.1) is 5.21 Å². The number of aryl methyl sites for hydroxylation is 1. The molecule has 1 aliphatic heterocycles. The van der Waals surface area contributed by atoms with Gasteiger partial charge in [0.25, 0.3) is 0 Å². The van der Waals surface area contributed by atoms with E-state index in [1.54, 1.807) is 11.9 Å². The molecule has 0 spiro atoms. The van der Waals surface area contributed by atoms with Gasteiger partial charge in [0.05, 0.1) is 33.2 Å². The van der Waals surface area contributed by atoms with Crippen molar-refractivity contribution in [2.24, 2.45) is 0 Å². The van der Waals surface area contributed by atoms with E-state index in [9.17, 15) is 10.0 Å². The number of benzene rings is 1. The maximum Gasteiger partial charge on any atom is 0.322 e. The molecular weight excluding hydrogens is 242 g/mol. The van der Waals surface area contributed by atoms with Crippen molar-refractivity contribution < 1.29 is 9.44 Å². The van der Waals surface area contributed by atoms with Crippen LogP contribution in [0.1, 0.15) is 12.5 Å². The molecule has 0 radical (unpaired) electrons. The zero-order valence-corrected chi connectivity index (χ0v) is 11.6. The Labute approximate surface area is 114 Å². The quantitative estimate of drug-likeness (QED) is 0.655. The van der Waals surface area contributed by atoms with Gasteiger partial charge in [-0.05, 0) is 24.1 Å². The number of urea groups is 1. The minimum atomic E-state index is -0.255. The van der Waals surface area contributed by atoms with E-state index < -0.39 is 0 Å². The highest BCUT2D eigenvalue weighted by molar-refractivity contribution is 5.89. The molecule has 5 heteroatoms. The van der Waals surface area contributed by atoms with Gasteiger partial charge in [0.15, 0.2) is 0 Å². The SMILES string of the molecule is CCc1cccc(NC(=O)N2CC[N+](C)([O-])CC2)c1. The first-order valence-electron chi connectivity index (χ1n) is 6.70. The van der Waals surface area contributed by atoms with E-state index in [1.165, 1.54) is 5.56 Å². The summed E-state index contributed by atoms with van der Waals surface area (Å²) in [6, 6.07) is 7.73. The molecule has 104 valence electrons. The zero-order valence-electron chi connectivity index (χ0n) is 11.6. The molecule has 0 aromatic heterocycles. The lowest BCUT2D eigenvalue weighted by atomic mass is 10.1. The highest BCUT2D eigenvalue weighted by atomic mass is 16.5. The number of piperazine rings is 1. The number of hydrogen-bond donors (Lipinski definition) is 1. The Morgan fingerprint density at radius 2 is 2.11 bits per heavy atom. The summed E-state index contributed by atoms with van der Waals surface area (Å²) >= 11 is 0. The number of quaternary nitrogens is 1. The largest absolute Gasteiger partial charge is 0.633 e. The van der Waals surface area contributed by atoms with Gasteiger partial charge in [-0.2, -0.15) is 0 Å². The number of carbonyl (C=O) groups is 1. The fraction of sp³-hybridized carbons (Fsp3) is 0.500. The van der Waals surface area contributed by atoms with Crippen molar-refractivity contribution in [3.63, 3.8) is 0 Å². The second kappa shape index (κ2) is 5.59. The number of nitrogens with zero attached hydrogens (tertiary/aromatic N) is 2. The van der Waals surface area contributed by atoms with Crippen LogP contribution in [0.5, 0.6) is 0 Å². The van der Waals surface area contributed by atoms with Crippen molar-refractivity contribution in [3.8, 4) is 0 Å². The summed E-state index contributed by atoms with van der Waals surface area (Å²) in [6.07, 6.45) is 0.944. The van der Waals surface area contributed by atoms with Crippen molar-refractivity contribution in [1.29, 1.82) is 0 Å². The van der Waals surface area contributed by atoms with Crippen LogP contribution in [0.2, 0.25) is 0 Å². The van der Waals surface area contributed by atoms with E-state index in [4.69, 9.17) is 0 Å². The van der Waals surface area contributed by atoms with E-state index in [2.05, 4.69) is 12.2 Å². The second-order valence-corrected chi connectivity index (χ2v) is 5.22. The minimum Gasteiger partial charge on any atom is -0.633 e. The molecule has 0 unspecified atom stereocenters. The third kappa shape index (κ3) is 3.68. The lowest BCUT2D eigenvalue weighted by Gasteiger charge is -2.45. The monoisotopic (exact) mass is 263 g/mol. The molecule has 1 fully saturated rings. The van der Waals surface area contributed by atoms with Crippen molar-refractivity contribution in [2.45, 2.75) is 13.3 Å². The van der Waals surface area contributed by atoms with Crippen LogP contribution in [0.15, 0.2) is 24.3 Å². The van der Waals surface area contributed by atoms with Gasteiger partial charge in [-0.15, -0.1) is 0 Å². The van der Waals surface area contributed by atoms with Crippen molar-refractivity contribution in [1.82, 2.24) is 4.90 Å². The maximum atomic E-state index is 12.1. The molecule has 1 heterocycles. The van der Waals surface area contributed by atoms with Crippen molar-refractivity contribution in [2.75, 3.05) is 38.5 Å². The van der Waals surface area contributed by atoms with Gasteiger partial charge >= 0.3 is 6.03 Å². The number of likely N-dealkylation sites (N-methyl/N-ethyl adjacent to an activating group) is 1. The first-order valence-corrected chi connectivity index (χ1v) is 6.70. The zero-order chi connectivity index (χ0) is 13.9. The lowest BCUT2D eigenvalue weighted by molar-refractivity contribution is -0.864. The summed E-state index contributed by atoms with van der Waals surface area (Å²) in [5.74, 6) is 0. The van der Waals surface area contributed by atoms with Crippen molar-refractivity contribution >= 4 is 11.7 Å². The molecule has 2 rings (SSSR count). The summed E-state index contributed by atoms with van der Waals surface area (Å²) in [5.41, 5.74) is 2.01. The fourth-order valence-electron chi connectivity index (χ4n) is 2.16. The topological polar surface area (TPSA) is 55.4 Å². The second-order valence-electron chi connectivity index (χ2n) is 5.22. The first-order chi connectivity index (χ1) is 9.00. The van der Waals surface area contributed by atoms with Crippen molar-refractivity contribution in [3.05, 3.63) is 35.0 Å². The molecule has 0 aliphatic carbocycles. The number of hydrogen-bond acceptors (Lipinski definition) is 2. The van der Waals surface area contributed by atoms with Crippen LogP contribution >= 0.6 is 0 Å². The molecule has 1 aromatic carbocycles. The number of amides is 2. The normalized spacial score (nSPS) is 18.2. The van der Waals surface area contributed by atoms with Crippen LogP contribution in [0.3, 0.4) is 0 Å². The summed E-state index contributed by atoms with van der Waals surface area (Å²) in [4.78, 5) is 13.8. The summed E-state index contributed by atoms with van der Waals surface area (Å²) in [6.45, 7) is 4.03. The standard InChI is InChI=1S/C14H21N3O2/c1-3-12-5-4-6-13(11-12)15-14(18)16-7-9-17(2,19)10-8-16/h4-6,11H,3,7-10H2,1-2H3,(H,15,18). The van der Waals surface area contributed by atoms with Crippen LogP contribution in [0.4, 0.5) is 10.5 Å². The Kier molecular flexibility index (Phi) is 4.07. The van der Waals surface area contributed by atoms with Gasteiger partial charge in [0.2, 0.25) is 0 Å². The highest BCUT2D eigenvalue weighted by Crippen LogP contribution is 2.13. The lowest BCUT2D eigenvalue weighted by Crippen LogP contribution is -2.55. The molecule has 1 N–H and O–H groups in total. The number of anilines is 1. The Morgan fingerprint density at radius 3 is 2.74 bits per heavy atom. The molecule has 1 aliphatic rings. The number of carbonyl (C=O) groups excluding carboxylic acids is 1. The minimum absolute atomic E-state index is 0.118. The van der Waals surface area contributed by atoms with Crippen LogP contribution in [-0.2, 0) is 6.42 Å². The first kappa shape index (κ1) is 13.8. The summed E-state index contributed by atoms with van der Waals surface area (Å²) in [7, 11) is 1.65. The van der Waals surface area contributed by atoms with Gasteiger partial charge in [-0.1, -0.05) is 19.1 Å². The smallest absolute Gasteiger partial charge is 0.322 e. The molecule has 1 aromatic rings. The molecule has 0 bridgehead atoms. The number of rotatable bonds is 2. The molecule has 0 saturated carbocycles. The Bertz CT molecular complexity index is 450. The van der Waals surface area contributed by atoms with Gasteiger partial charge in [0.1, 0.15) is 0 Å². The highest BCUT2D eigenvalue weighted by Gasteiger charge is 2.24. The summed E-state index contributed by atoms with van der Waals surface area (Å²) < 4.78 is -0.255. The third-order valence-corrected chi connectivity index (χ3v) is 3.56. The number of hydroxylamine groups is 3. The summed E-state index contributed by atoms with van der Waals surface area (Å²) in [5, 5.41) is 14.6. The molecule has 0 atom stereocenters. The predicted octanol–water partition coefficient (Wildman–Crippen LogP) is 2.04. The van der Waals surface area contributed by atoms with E-state index in [1.807, 2.05) is 24.3 Å². The Balaban J connectivity index is 1.94. The Hall–Kier alpha value is -1.59. The van der Waals surface area contributed by atoms with Gasteiger partial charge in [-0.25, -0.2) is 4.79 Å². The molecular formula is C14H21N3O2. The Morgan fingerprint density at radius 1 is 1.42 bits per heavy atom. The van der Waals surface area contributed by atoms with E-state index in [-0.39, 0.29) is 10.7 Å².